The molecule has 2 heterocycles. The first-order chi connectivity index (χ1) is 12.4. The molecule has 119 valence electrons. The number of para-hydroxylation sites is 2. The largest absolute Gasteiger partial charge is 0.348 e. The molecule has 0 aliphatic rings. The summed E-state index contributed by atoms with van der Waals surface area (Å²) in [5.74, 6) is 0. The zero-order chi connectivity index (χ0) is 16.4. The summed E-state index contributed by atoms with van der Waals surface area (Å²) in [5, 5.41) is 5.02. The minimum Gasteiger partial charge on any atom is -0.348 e. The second-order valence-corrected chi connectivity index (χ2v) is 6.47. The van der Waals surface area contributed by atoms with Crippen molar-refractivity contribution in [3.8, 4) is 11.1 Å². The molecule has 0 aliphatic heterocycles. The van der Waals surface area contributed by atoms with Crippen LogP contribution in [-0.4, -0.2) is 4.40 Å². The first kappa shape index (κ1) is 16.0. The van der Waals surface area contributed by atoms with Crippen LogP contribution in [-0.2, 0) is 32.7 Å². The van der Waals surface area contributed by atoms with Gasteiger partial charge in [0.2, 0.25) is 0 Å². The molecule has 0 bridgehead atoms. The summed E-state index contributed by atoms with van der Waals surface area (Å²) in [4.78, 5) is 0. The van der Waals surface area contributed by atoms with Crippen LogP contribution in [0.1, 0.15) is 0 Å². The van der Waals surface area contributed by atoms with Gasteiger partial charge in [-0.1, -0.05) is 47.2 Å². The Balaban J connectivity index is 0.00000150. The molecule has 6 aromatic rings. The summed E-state index contributed by atoms with van der Waals surface area (Å²) >= 11 is 0. The molecule has 0 fully saturated rings. The van der Waals surface area contributed by atoms with E-state index in [1.54, 1.807) is 0 Å². The third-order valence-corrected chi connectivity index (χ3v) is 5.11. The fraction of sp³-hybridized carbons (Fsp3) is 0. The van der Waals surface area contributed by atoms with Crippen molar-refractivity contribution in [3.05, 3.63) is 91.0 Å². The minimum atomic E-state index is 0. The molecular weight excluding hydrogens is 391 g/mol. The number of hydrogen-bond donors (Lipinski definition) is 0. The van der Waals surface area contributed by atoms with Crippen molar-refractivity contribution in [1.82, 2.24) is 4.40 Å². The minimum absolute atomic E-state index is 0. The first-order valence-electron chi connectivity index (χ1n) is 8.48. The van der Waals surface area contributed by atoms with Crippen LogP contribution in [0, 0.1) is 12.1 Å². The summed E-state index contributed by atoms with van der Waals surface area (Å²) in [6.45, 7) is 0. The Kier molecular flexibility index (Phi) is 3.63. The van der Waals surface area contributed by atoms with Gasteiger partial charge in [-0.15, -0.1) is 11.5 Å². The summed E-state index contributed by atoms with van der Waals surface area (Å²) in [6.07, 6.45) is 0. The van der Waals surface area contributed by atoms with Gasteiger partial charge in [0.15, 0.2) is 0 Å². The molecule has 4 aromatic carbocycles. The van der Waals surface area contributed by atoms with E-state index >= 15 is 0 Å². The molecule has 0 unspecified atom stereocenters. The van der Waals surface area contributed by atoms with Gasteiger partial charge >= 0.3 is 0 Å². The van der Waals surface area contributed by atoms with Crippen LogP contribution >= 0.6 is 0 Å². The number of nitrogens with zero attached hydrogens (tertiary/aromatic N) is 1. The van der Waals surface area contributed by atoms with Gasteiger partial charge < -0.3 is 4.40 Å². The predicted octanol–water partition coefficient (Wildman–Crippen LogP) is 6.10. The number of hydrogen-bond acceptors (Lipinski definition) is 0. The van der Waals surface area contributed by atoms with Gasteiger partial charge in [-0.25, -0.2) is 5.56 Å². The Morgan fingerprint density at radius 3 is 2.12 bits per heavy atom. The van der Waals surface area contributed by atoms with E-state index in [1.165, 1.54) is 38.1 Å². The van der Waals surface area contributed by atoms with Gasteiger partial charge in [-0.2, -0.15) is 42.0 Å². The quantitative estimate of drug-likeness (QED) is 0.292. The molecule has 0 spiro atoms. The first-order valence-corrected chi connectivity index (χ1v) is 8.48. The predicted molar refractivity (Wildman–Crippen MR) is 104 cm³/mol. The Hall–Kier alpha value is -2.22. The molecular formula is C24H13NY-2. The van der Waals surface area contributed by atoms with Crippen molar-refractivity contribution in [2.75, 3.05) is 0 Å². The van der Waals surface area contributed by atoms with Crippen molar-refractivity contribution in [1.29, 1.82) is 0 Å². The molecule has 0 saturated carbocycles. The second-order valence-electron chi connectivity index (χ2n) is 6.47. The number of aromatic nitrogens is 1. The Labute approximate surface area is 176 Å². The maximum absolute atomic E-state index is 3.67. The maximum Gasteiger partial charge on any atom is 0.0450 e. The van der Waals surface area contributed by atoms with Crippen LogP contribution in [0.4, 0.5) is 0 Å². The SMILES string of the molecule is [Y].[c-]1ccccc1-c1[c-]c2c3ccccc3n3c4ccccc4c(c1)c23. The Morgan fingerprint density at radius 1 is 0.654 bits per heavy atom. The van der Waals surface area contributed by atoms with Gasteiger partial charge in [0, 0.05) is 43.7 Å². The molecule has 1 nitrogen and oxygen atoms in total. The zero-order valence-corrected chi connectivity index (χ0v) is 16.9. The van der Waals surface area contributed by atoms with Crippen LogP contribution in [0.3, 0.4) is 0 Å². The molecule has 1 radical (unpaired) electrons. The van der Waals surface area contributed by atoms with Crippen molar-refractivity contribution in [2.45, 2.75) is 0 Å². The summed E-state index contributed by atoms with van der Waals surface area (Å²) in [6, 6.07) is 34.6. The molecule has 0 atom stereocenters. The average molecular weight is 404 g/mol. The molecule has 0 aliphatic carbocycles. The van der Waals surface area contributed by atoms with Gasteiger partial charge in [0.05, 0.1) is 0 Å². The fourth-order valence-electron chi connectivity index (χ4n) is 4.06. The molecule has 0 N–H and O–H groups in total. The van der Waals surface area contributed by atoms with Crippen molar-refractivity contribution in [3.63, 3.8) is 0 Å². The van der Waals surface area contributed by atoms with Gasteiger partial charge in [0.25, 0.3) is 0 Å². The van der Waals surface area contributed by atoms with Crippen LogP contribution in [0.25, 0.3) is 49.2 Å². The topological polar surface area (TPSA) is 4.41 Å². The molecule has 2 aromatic heterocycles. The fourth-order valence-corrected chi connectivity index (χ4v) is 4.06. The van der Waals surface area contributed by atoms with Gasteiger partial charge in [-0.3, -0.25) is 0 Å². The molecule has 0 amide bonds. The molecule has 0 saturated heterocycles. The molecule has 2 heteroatoms. The molecule has 6 rings (SSSR count). The van der Waals surface area contributed by atoms with E-state index in [9.17, 15) is 0 Å². The van der Waals surface area contributed by atoms with Crippen molar-refractivity contribution >= 4 is 38.1 Å². The standard InChI is InChI=1S/C24H13N.Y/c1-2-8-16(9-3-1)17-14-20-18-10-4-6-12-22(18)25-23-13-7-5-11-19(23)21(15-17)24(20)25;/h1-8,10-14H;/q-2;. The van der Waals surface area contributed by atoms with Crippen LogP contribution < -0.4 is 0 Å². The summed E-state index contributed by atoms with van der Waals surface area (Å²) < 4.78 is 2.38. The van der Waals surface area contributed by atoms with E-state index in [4.69, 9.17) is 0 Å². The van der Waals surface area contributed by atoms with E-state index in [2.05, 4.69) is 83.3 Å². The van der Waals surface area contributed by atoms with Crippen molar-refractivity contribution < 1.29 is 32.7 Å². The van der Waals surface area contributed by atoms with Crippen LogP contribution in [0.5, 0.6) is 0 Å². The normalized spacial score (nSPS) is 11.5. The van der Waals surface area contributed by atoms with Crippen molar-refractivity contribution in [2.24, 2.45) is 0 Å². The Bertz CT molecular complexity index is 1300. The Morgan fingerprint density at radius 2 is 1.35 bits per heavy atom. The van der Waals surface area contributed by atoms with Crippen LogP contribution in [0.2, 0.25) is 0 Å². The smallest absolute Gasteiger partial charge is 0.0450 e. The van der Waals surface area contributed by atoms with Gasteiger partial charge in [-0.05, 0) is 23.0 Å². The number of fused-ring (bicyclic) bond motifs is 6. The van der Waals surface area contributed by atoms with E-state index in [0.717, 1.165) is 11.1 Å². The average Bonchev–Trinajstić information content (AvgIpc) is 3.20. The summed E-state index contributed by atoms with van der Waals surface area (Å²) in [7, 11) is 0. The van der Waals surface area contributed by atoms with E-state index in [0.29, 0.717) is 0 Å². The number of benzene rings is 4. The van der Waals surface area contributed by atoms with E-state index < -0.39 is 0 Å². The zero-order valence-electron chi connectivity index (χ0n) is 14.0. The second kappa shape index (κ2) is 5.91. The van der Waals surface area contributed by atoms with E-state index in [1.807, 2.05) is 12.1 Å². The maximum atomic E-state index is 3.67. The van der Waals surface area contributed by atoms with Crippen LogP contribution in [0.15, 0.2) is 78.9 Å². The van der Waals surface area contributed by atoms with E-state index in [-0.39, 0.29) is 32.7 Å². The number of rotatable bonds is 1. The van der Waals surface area contributed by atoms with Gasteiger partial charge in [0.1, 0.15) is 0 Å². The monoisotopic (exact) mass is 404 g/mol. The third-order valence-electron chi connectivity index (χ3n) is 5.11. The molecule has 26 heavy (non-hydrogen) atoms. The third kappa shape index (κ3) is 2.05. The summed E-state index contributed by atoms with van der Waals surface area (Å²) in [5.41, 5.74) is 5.95.